The van der Waals surface area contributed by atoms with Crippen LogP contribution in [0, 0.1) is 5.92 Å². The number of rotatable bonds is 2. The van der Waals surface area contributed by atoms with E-state index in [1.54, 1.807) is 12.4 Å². The Labute approximate surface area is 104 Å². The molecule has 1 amide bonds. The van der Waals surface area contributed by atoms with Crippen LogP contribution in [0.3, 0.4) is 0 Å². The van der Waals surface area contributed by atoms with E-state index in [2.05, 4.69) is 15.5 Å². The molecule has 0 saturated heterocycles. The SMILES string of the molecule is O=C(Nc1cn[nH]c1)[C@H]1COc2ccccc2C1. The van der Waals surface area contributed by atoms with Gasteiger partial charge in [0.25, 0.3) is 0 Å². The summed E-state index contributed by atoms with van der Waals surface area (Å²) in [5.41, 5.74) is 1.76. The second kappa shape index (κ2) is 4.52. The summed E-state index contributed by atoms with van der Waals surface area (Å²) in [7, 11) is 0. The van der Waals surface area contributed by atoms with E-state index in [1.165, 1.54) is 0 Å². The molecule has 1 atom stereocenters. The number of carbonyl (C=O) groups is 1. The summed E-state index contributed by atoms with van der Waals surface area (Å²) in [6, 6.07) is 7.81. The maximum Gasteiger partial charge on any atom is 0.231 e. The Morgan fingerprint density at radius 3 is 3.17 bits per heavy atom. The number of anilines is 1. The summed E-state index contributed by atoms with van der Waals surface area (Å²) in [4.78, 5) is 12.0. The number of fused-ring (bicyclic) bond motifs is 1. The van der Waals surface area contributed by atoms with Crippen LogP contribution in [0.15, 0.2) is 36.7 Å². The van der Waals surface area contributed by atoms with Gasteiger partial charge < -0.3 is 10.1 Å². The van der Waals surface area contributed by atoms with Crippen molar-refractivity contribution >= 4 is 11.6 Å². The van der Waals surface area contributed by atoms with E-state index in [0.717, 1.165) is 11.3 Å². The van der Waals surface area contributed by atoms with Crippen molar-refractivity contribution in [2.75, 3.05) is 11.9 Å². The second-order valence-corrected chi connectivity index (χ2v) is 4.30. The number of aromatic nitrogens is 2. The molecule has 5 nitrogen and oxygen atoms in total. The molecule has 0 saturated carbocycles. The molecule has 1 aliphatic heterocycles. The van der Waals surface area contributed by atoms with E-state index < -0.39 is 0 Å². The van der Waals surface area contributed by atoms with Crippen LogP contribution < -0.4 is 10.1 Å². The number of H-pyrrole nitrogens is 1. The van der Waals surface area contributed by atoms with E-state index in [9.17, 15) is 4.79 Å². The summed E-state index contributed by atoms with van der Waals surface area (Å²) in [6.07, 6.45) is 3.94. The van der Waals surface area contributed by atoms with Crippen molar-refractivity contribution < 1.29 is 9.53 Å². The third kappa shape index (κ3) is 2.07. The molecular formula is C13H13N3O2. The fraction of sp³-hybridized carbons (Fsp3) is 0.231. The van der Waals surface area contributed by atoms with Crippen molar-refractivity contribution in [2.24, 2.45) is 5.92 Å². The molecular weight excluding hydrogens is 230 g/mol. The molecule has 0 radical (unpaired) electrons. The first-order valence-corrected chi connectivity index (χ1v) is 5.83. The van der Waals surface area contributed by atoms with Gasteiger partial charge in [0.15, 0.2) is 0 Å². The van der Waals surface area contributed by atoms with Gasteiger partial charge in [-0.05, 0) is 18.1 Å². The number of nitrogens with one attached hydrogen (secondary N) is 2. The largest absolute Gasteiger partial charge is 0.492 e. The fourth-order valence-corrected chi connectivity index (χ4v) is 2.06. The first-order chi connectivity index (χ1) is 8.83. The number of amides is 1. The predicted molar refractivity (Wildman–Crippen MR) is 66.3 cm³/mol. The molecule has 1 aliphatic rings. The van der Waals surface area contributed by atoms with Gasteiger partial charge in [-0.1, -0.05) is 18.2 Å². The normalized spacial score (nSPS) is 17.7. The van der Waals surface area contributed by atoms with E-state index in [-0.39, 0.29) is 11.8 Å². The zero-order valence-corrected chi connectivity index (χ0v) is 9.72. The van der Waals surface area contributed by atoms with Crippen molar-refractivity contribution in [1.29, 1.82) is 0 Å². The van der Waals surface area contributed by atoms with Crippen LogP contribution in [0.1, 0.15) is 5.56 Å². The minimum Gasteiger partial charge on any atom is -0.492 e. The van der Waals surface area contributed by atoms with Gasteiger partial charge in [0.2, 0.25) is 5.91 Å². The number of aromatic amines is 1. The average Bonchev–Trinajstić information content (AvgIpc) is 2.91. The van der Waals surface area contributed by atoms with Crippen LogP contribution >= 0.6 is 0 Å². The van der Waals surface area contributed by atoms with E-state index >= 15 is 0 Å². The lowest BCUT2D eigenvalue weighted by molar-refractivity contribution is -0.121. The molecule has 0 spiro atoms. The average molecular weight is 243 g/mol. The van der Waals surface area contributed by atoms with Crippen LogP contribution in [0.4, 0.5) is 5.69 Å². The Morgan fingerprint density at radius 2 is 2.33 bits per heavy atom. The van der Waals surface area contributed by atoms with Gasteiger partial charge in [-0.15, -0.1) is 0 Å². The van der Waals surface area contributed by atoms with Crippen molar-refractivity contribution in [3.05, 3.63) is 42.2 Å². The summed E-state index contributed by atoms with van der Waals surface area (Å²) in [6.45, 7) is 0.417. The number of benzene rings is 1. The number of carbonyl (C=O) groups excluding carboxylic acids is 1. The molecule has 2 heterocycles. The van der Waals surface area contributed by atoms with Gasteiger partial charge in [-0.2, -0.15) is 5.10 Å². The zero-order valence-electron chi connectivity index (χ0n) is 9.72. The number of ether oxygens (including phenoxy) is 1. The molecule has 0 unspecified atom stereocenters. The van der Waals surface area contributed by atoms with E-state index in [1.807, 2.05) is 24.3 Å². The minimum absolute atomic E-state index is 0.0362. The Hall–Kier alpha value is -2.30. The predicted octanol–water partition coefficient (Wildman–Crippen LogP) is 1.60. The smallest absolute Gasteiger partial charge is 0.231 e. The van der Waals surface area contributed by atoms with Crippen LogP contribution in [0.25, 0.3) is 0 Å². The van der Waals surface area contributed by atoms with Crippen molar-refractivity contribution in [3.8, 4) is 5.75 Å². The van der Waals surface area contributed by atoms with E-state index in [0.29, 0.717) is 18.7 Å². The number of para-hydroxylation sites is 1. The van der Waals surface area contributed by atoms with Gasteiger partial charge in [-0.3, -0.25) is 9.89 Å². The maximum atomic E-state index is 12.0. The second-order valence-electron chi connectivity index (χ2n) is 4.30. The standard InChI is InChI=1S/C13H13N3O2/c17-13(16-11-6-14-15-7-11)10-5-9-3-1-2-4-12(9)18-8-10/h1-4,6-7,10H,5,8H2,(H,14,15)(H,16,17)/t10-/m1/s1. The van der Waals surface area contributed by atoms with Crippen LogP contribution in [-0.4, -0.2) is 22.7 Å². The highest BCUT2D eigenvalue weighted by molar-refractivity contribution is 5.92. The molecule has 2 N–H and O–H groups in total. The quantitative estimate of drug-likeness (QED) is 0.841. The third-order valence-corrected chi connectivity index (χ3v) is 3.02. The first kappa shape index (κ1) is 10.8. The lowest BCUT2D eigenvalue weighted by atomic mass is 9.96. The lowest BCUT2D eigenvalue weighted by Gasteiger charge is -2.24. The summed E-state index contributed by atoms with van der Waals surface area (Å²) in [5, 5.41) is 9.25. The highest BCUT2D eigenvalue weighted by Gasteiger charge is 2.25. The Kier molecular flexibility index (Phi) is 2.72. The molecule has 5 heteroatoms. The molecule has 0 fully saturated rings. The van der Waals surface area contributed by atoms with Crippen molar-refractivity contribution in [3.63, 3.8) is 0 Å². The molecule has 1 aromatic heterocycles. The number of hydrogen-bond acceptors (Lipinski definition) is 3. The van der Waals surface area contributed by atoms with Gasteiger partial charge in [-0.25, -0.2) is 0 Å². The molecule has 3 rings (SSSR count). The minimum atomic E-state index is -0.158. The third-order valence-electron chi connectivity index (χ3n) is 3.02. The van der Waals surface area contributed by atoms with Gasteiger partial charge >= 0.3 is 0 Å². The molecule has 0 aliphatic carbocycles. The van der Waals surface area contributed by atoms with Crippen LogP contribution in [0.5, 0.6) is 5.75 Å². The van der Waals surface area contributed by atoms with E-state index in [4.69, 9.17) is 4.74 Å². The first-order valence-electron chi connectivity index (χ1n) is 5.83. The van der Waals surface area contributed by atoms with Gasteiger partial charge in [0.05, 0.1) is 17.8 Å². The zero-order chi connectivity index (χ0) is 12.4. The summed E-state index contributed by atoms with van der Waals surface area (Å²) >= 11 is 0. The molecule has 1 aromatic carbocycles. The Bertz CT molecular complexity index is 551. The van der Waals surface area contributed by atoms with Crippen molar-refractivity contribution in [2.45, 2.75) is 6.42 Å². The fourth-order valence-electron chi connectivity index (χ4n) is 2.06. The topological polar surface area (TPSA) is 67.0 Å². The monoisotopic (exact) mass is 243 g/mol. The molecule has 18 heavy (non-hydrogen) atoms. The summed E-state index contributed by atoms with van der Waals surface area (Å²) in [5.74, 6) is 0.686. The van der Waals surface area contributed by atoms with Gasteiger partial charge in [0.1, 0.15) is 12.4 Å². The summed E-state index contributed by atoms with van der Waals surface area (Å²) < 4.78 is 5.59. The lowest BCUT2D eigenvalue weighted by Crippen LogP contribution is -2.32. The highest BCUT2D eigenvalue weighted by Crippen LogP contribution is 2.27. The molecule has 0 bridgehead atoms. The van der Waals surface area contributed by atoms with Crippen LogP contribution in [-0.2, 0) is 11.2 Å². The van der Waals surface area contributed by atoms with Crippen LogP contribution in [0.2, 0.25) is 0 Å². The maximum absolute atomic E-state index is 12.0. The van der Waals surface area contributed by atoms with Gasteiger partial charge in [0, 0.05) is 6.20 Å². The Morgan fingerprint density at radius 1 is 1.44 bits per heavy atom. The molecule has 92 valence electrons. The Balaban J connectivity index is 1.70. The molecule has 2 aromatic rings. The van der Waals surface area contributed by atoms with Crippen molar-refractivity contribution in [1.82, 2.24) is 10.2 Å². The highest BCUT2D eigenvalue weighted by atomic mass is 16.5. The number of nitrogens with zero attached hydrogens (tertiary/aromatic N) is 1. The number of hydrogen-bond donors (Lipinski definition) is 2.